The number of ether oxygens (including phenoxy) is 1. The number of benzene rings is 2. The molecule has 0 aliphatic rings. The summed E-state index contributed by atoms with van der Waals surface area (Å²) in [4.78, 5) is 12.5. The number of aromatic nitrogens is 2. The van der Waals surface area contributed by atoms with Crippen LogP contribution in [-0.4, -0.2) is 22.8 Å². The van der Waals surface area contributed by atoms with Gasteiger partial charge < -0.3 is 10.1 Å². The first-order chi connectivity index (χ1) is 12.1. The third-order valence-electron chi connectivity index (χ3n) is 3.88. The maximum atomic E-state index is 12.5. The third kappa shape index (κ3) is 4.00. The van der Waals surface area contributed by atoms with Gasteiger partial charge in [0.25, 0.3) is 5.91 Å². The van der Waals surface area contributed by atoms with Crippen molar-refractivity contribution in [2.75, 3.05) is 12.4 Å². The normalized spacial score (nSPS) is 10.5. The van der Waals surface area contributed by atoms with Crippen LogP contribution in [0.3, 0.4) is 0 Å². The van der Waals surface area contributed by atoms with Gasteiger partial charge in [-0.05, 0) is 36.2 Å². The quantitative estimate of drug-likeness (QED) is 0.747. The second-order valence-electron chi connectivity index (χ2n) is 5.62. The number of hydrogen-bond acceptors (Lipinski definition) is 3. The molecule has 1 amide bonds. The number of carbonyl (C=O) groups excluding carboxylic acids is 1. The number of methoxy groups -OCH3 is 1. The van der Waals surface area contributed by atoms with Gasteiger partial charge in [-0.2, -0.15) is 5.10 Å². The number of carbonyl (C=O) groups is 1. The van der Waals surface area contributed by atoms with Gasteiger partial charge in [0.05, 0.1) is 19.2 Å². The Hall–Kier alpha value is -2.79. The van der Waals surface area contributed by atoms with Crippen molar-refractivity contribution in [3.8, 4) is 5.75 Å². The van der Waals surface area contributed by atoms with E-state index >= 15 is 0 Å². The largest absolute Gasteiger partial charge is 0.496 e. The monoisotopic (exact) mass is 355 g/mol. The standard InChI is InChI=1S/C19H18ClN3O2/c1-13-5-3-4-6-14(13)12-23-10-9-18(22-23)21-19(24)16-11-15(20)7-8-17(16)25-2/h3-11H,12H2,1-2H3,(H,21,22,24). The molecular formula is C19H18ClN3O2. The highest BCUT2D eigenvalue weighted by molar-refractivity contribution is 6.31. The summed E-state index contributed by atoms with van der Waals surface area (Å²) in [7, 11) is 1.51. The zero-order valence-corrected chi connectivity index (χ0v) is 14.7. The van der Waals surface area contributed by atoms with Gasteiger partial charge in [-0.15, -0.1) is 0 Å². The van der Waals surface area contributed by atoms with Crippen molar-refractivity contribution in [3.05, 3.63) is 76.4 Å². The molecule has 1 aromatic heterocycles. The molecule has 3 aromatic rings. The van der Waals surface area contributed by atoms with E-state index in [0.29, 0.717) is 28.7 Å². The van der Waals surface area contributed by atoms with E-state index in [1.807, 2.05) is 18.3 Å². The van der Waals surface area contributed by atoms with E-state index in [9.17, 15) is 4.79 Å². The average Bonchev–Trinajstić information content (AvgIpc) is 3.04. The Morgan fingerprint density at radius 1 is 1.24 bits per heavy atom. The van der Waals surface area contributed by atoms with Gasteiger partial charge >= 0.3 is 0 Å². The van der Waals surface area contributed by atoms with E-state index in [2.05, 4.69) is 29.5 Å². The summed E-state index contributed by atoms with van der Waals surface area (Å²) in [6, 6.07) is 14.8. The Bertz CT molecular complexity index is 905. The molecule has 1 N–H and O–H groups in total. The average molecular weight is 356 g/mol. The van der Waals surface area contributed by atoms with E-state index in [-0.39, 0.29) is 5.91 Å². The fourth-order valence-electron chi connectivity index (χ4n) is 2.52. The molecule has 0 bridgehead atoms. The van der Waals surface area contributed by atoms with Crippen molar-refractivity contribution < 1.29 is 9.53 Å². The lowest BCUT2D eigenvalue weighted by Gasteiger charge is -2.08. The van der Waals surface area contributed by atoms with Gasteiger partial charge in [-0.25, -0.2) is 0 Å². The van der Waals surface area contributed by atoms with E-state index in [1.165, 1.54) is 18.2 Å². The van der Waals surface area contributed by atoms with Gasteiger partial charge in [0.1, 0.15) is 5.75 Å². The smallest absolute Gasteiger partial charge is 0.260 e. The Balaban J connectivity index is 1.74. The van der Waals surface area contributed by atoms with Crippen LogP contribution in [0.5, 0.6) is 5.75 Å². The molecule has 0 unspecified atom stereocenters. The Labute approximate surface area is 151 Å². The van der Waals surface area contributed by atoms with Gasteiger partial charge in [0.15, 0.2) is 5.82 Å². The van der Waals surface area contributed by atoms with Crippen LogP contribution < -0.4 is 10.1 Å². The van der Waals surface area contributed by atoms with Crippen molar-refractivity contribution >= 4 is 23.3 Å². The molecule has 2 aromatic carbocycles. The fraction of sp³-hybridized carbons (Fsp3) is 0.158. The number of nitrogens with zero attached hydrogens (tertiary/aromatic N) is 2. The number of amides is 1. The maximum Gasteiger partial charge on any atom is 0.260 e. The molecule has 1 heterocycles. The Morgan fingerprint density at radius 3 is 2.80 bits per heavy atom. The Morgan fingerprint density at radius 2 is 2.04 bits per heavy atom. The van der Waals surface area contributed by atoms with E-state index in [1.54, 1.807) is 28.9 Å². The number of halogens is 1. The minimum absolute atomic E-state index is 0.319. The first-order valence-corrected chi connectivity index (χ1v) is 8.17. The number of anilines is 1. The van der Waals surface area contributed by atoms with Gasteiger partial charge in [0.2, 0.25) is 0 Å². The molecule has 3 rings (SSSR count). The van der Waals surface area contributed by atoms with Crippen LogP contribution in [0.2, 0.25) is 5.02 Å². The third-order valence-corrected chi connectivity index (χ3v) is 4.12. The number of rotatable bonds is 5. The van der Waals surface area contributed by atoms with Gasteiger partial charge in [-0.3, -0.25) is 9.48 Å². The molecular weight excluding hydrogens is 338 g/mol. The van der Waals surface area contributed by atoms with Crippen LogP contribution in [-0.2, 0) is 6.54 Å². The molecule has 0 atom stereocenters. The van der Waals surface area contributed by atoms with Crippen molar-refractivity contribution in [1.82, 2.24) is 9.78 Å². The van der Waals surface area contributed by atoms with Gasteiger partial charge in [-0.1, -0.05) is 35.9 Å². The molecule has 0 fully saturated rings. The summed E-state index contributed by atoms with van der Waals surface area (Å²) in [6.45, 7) is 2.70. The number of nitrogens with one attached hydrogen (secondary N) is 1. The second kappa shape index (κ2) is 7.40. The number of aryl methyl sites for hydroxylation is 1. The minimum Gasteiger partial charge on any atom is -0.496 e. The van der Waals surface area contributed by atoms with Crippen LogP contribution in [0.25, 0.3) is 0 Å². The van der Waals surface area contributed by atoms with Crippen LogP contribution in [0.4, 0.5) is 5.82 Å². The fourth-order valence-corrected chi connectivity index (χ4v) is 2.69. The van der Waals surface area contributed by atoms with E-state index in [0.717, 1.165) is 0 Å². The van der Waals surface area contributed by atoms with E-state index in [4.69, 9.17) is 16.3 Å². The first-order valence-electron chi connectivity index (χ1n) is 7.79. The topological polar surface area (TPSA) is 56.1 Å². The summed E-state index contributed by atoms with van der Waals surface area (Å²) in [5.74, 6) is 0.613. The van der Waals surface area contributed by atoms with Crippen LogP contribution in [0.1, 0.15) is 21.5 Å². The van der Waals surface area contributed by atoms with E-state index < -0.39 is 0 Å². The highest BCUT2D eigenvalue weighted by Gasteiger charge is 2.14. The summed E-state index contributed by atoms with van der Waals surface area (Å²) in [6.07, 6.45) is 1.83. The lowest BCUT2D eigenvalue weighted by molar-refractivity contribution is 0.102. The summed E-state index contributed by atoms with van der Waals surface area (Å²) in [5.41, 5.74) is 2.75. The lowest BCUT2D eigenvalue weighted by Crippen LogP contribution is -2.14. The molecule has 6 heteroatoms. The molecule has 5 nitrogen and oxygen atoms in total. The molecule has 25 heavy (non-hydrogen) atoms. The van der Waals surface area contributed by atoms with Crippen molar-refractivity contribution in [2.24, 2.45) is 0 Å². The minimum atomic E-state index is -0.319. The Kier molecular flexibility index (Phi) is 5.05. The SMILES string of the molecule is COc1ccc(Cl)cc1C(=O)Nc1ccn(Cc2ccccc2C)n1. The highest BCUT2D eigenvalue weighted by Crippen LogP contribution is 2.23. The second-order valence-corrected chi connectivity index (χ2v) is 6.06. The molecule has 0 saturated carbocycles. The summed E-state index contributed by atoms with van der Waals surface area (Å²) >= 11 is 5.97. The summed E-state index contributed by atoms with van der Waals surface area (Å²) in [5, 5.41) is 7.64. The number of hydrogen-bond donors (Lipinski definition) is 1. The van der Waals surface area contributed by atoms with Crippen LogP contribution >= 0.6 is 11.6 Å². The summed E-state index contributed by atoms with van der Waals surface area (Å²) < 4.78 is 7.00. The predicted octanol–water partition coefficient (Wildman–Crippen LogP) is 4.15. The predicted molar refractivity (Wildman–Crippen MR) is 98.5 cm³/mol. The molecule has 0 aliphatic carbocycles. The lowest BCUT2D eigenvalue weighted by atomic mass is 10.1. The van der Waals surface area contributed by atoms with Crippen LogP contribution in [0, 0.1) is 6.92 Å². The molecule has 0 radical (unpaired) electrons. The zero-order valence-electron chi connectivity index (χ0n) is 14.0. The van der Waals surface area contributed by atoms with Gasteiger partial charge in [0, 0.05) is 17.3 Å². The van der Waals surface area contributed by atoms with Crippen LogP contribution in [0.15, 0.2) is 54.7 Å². The van der Waals surface area contributed by atoms with Crippen molar-refractivity contribution in [3.63, 3.8) is 0 Å². The highest BCUT2D eigenvalue weighted by atomic mass is 35.5. The molecule has 0 saturated heterocycles. The molecule has 128 valence electrons. The van der Waals surface area contributed by atoms with Crippen molar-refractivity contribution in [1.29, 1.82) is 0 Å². The maximum absolute atomic E-state index is 12.5. The zero-order chi connectivity index (χ0) is 17.8. The van der Waals surface area contributed by atoms with Crippen molar-refractivity contribution in [2.45, 2.75) is 13.5 Å². The molecule has 0 spiro atoms. The first kappa shape index (κ1) is 17.0. The molecule has 0 aliphatic heterocycles.